The largest absolute Gasteiger partial charge is 0.544 e. The number of rotatable bonds is 2. The van der Waals surface area contributed by atoms with Gasteiger partial charge in [0, 0.05) is 0 Å². The van der Waals surface area contributed by atoms with E-state index in [4.69, 9.17) is 4.79 Å². The molecule has 0 aromatic carbocycles. The summed E-state index contributed by atoms with van der Waals surface area (Å²) in [5, 5.41) is 9.89. The van der Waals surface area contributed by atoms with E-state index in [2.05, 4.69) is 5.73 Å². The Hall–Kier alpha value is -1.31. The van der Waals surface area contributed by atoms with E-state index in [0.717, 1.165) is 0 Å². The number of nitrogens with two attached hydrogens (primary N) is 1. The van der Waals surface area contributed by atoms with Crippen LogP contribution < -0.4 is 10.8 Å². The number of amides is 1. The number of hydrogen-bond donors (Lipinski definition) is 1. The minimum absolute atomic E-state index is 0.0694. The van der Waals surface area contributed by atoms with Crippen LogP contribution in [0.4, 0.5) is 13.2 Å². The van der Waals surface area contributed by atoms with E-state index in [1.54, 1.807) is 21.1 Å². The van der Waals surface area contributed by atoms with E-state index in [9.17, 15) is 23.1 Å². The van der Waals surface area contributed by atoms with Gasteiger partial charge in [0.25, 0.3) is 0 Å². The normalized spacial score (nSPS) is 11.3. The molecule has 0 atom stereocenters. The van der Waals surface area contributed by atoms with Crippen LogP contribution in [-0.4, -0.2) is 50.2 Å². The smallest absolute Gasteiger partial charge is 0.470 e. The van der Waals surface area contributed by atoms with Gasteiger partial charge < -0.3 is 20.1 Å². The number of carboxylic acid groups (broad SMARTS) is 1. The van der Waals surface area contributed by atoms with Crippen molar-refractivity contribution in [3.05, 3.63) is 0 Å². The summed E-state index contributed by atoms with van der Waals surface area (Å²) >= 11 is 0. The Morgan fingerprint density at radius 3 is 1.53 bits per heavy atom. The summed E-state index contributed by atoms with van der Waals surface area (Å²) in [5.41, 5.74) is 3.81. The number of carbonyl (C=O) groups excluding carboxylic acids is 2. The standard InChI is InChI=1S/C5H11NO2.C2H2F3NO/c1-6(2,3)4-5(7)8;3-2(4,5)1(6)7/h4H2,1-3H3;(H2,6,7). The van der Waals surface area contributed by atoms with Crippen molar-refractivity contribution in [2.75, 3.05) is 27.7 Å². The maximum absolute atomic E-state index is 10.7. The number of quaternary nitrogens is 1. The van der Waals surface area contributed by atoms with Gasteiger partial charge in [-0.05, 0) is 0 Å². The minimum atomic E-state index is -4.86. The lowest BCUT2D eigenvalue weighted by molar-refractivity contribution is -0.864. The molecule has 0 saturated carbocycles. The second-order valence-corrected chi connectivity index (χ2v) is 3.68. The van der Waals surface area contributed by atoms with Gasteiger partial charge in [-0.25, -0.2) is 0 Å². The van der Waals surface area contributed by atoms with Crippen molar-refractivity contribution in [2.45, 2.75) is 6.18 Å². The molecule has 0 rings (SSSR count). The second kappa shape index (κ2) is 5.54. The van der Waals surface area contributed by atoms with Crippen molar-refractivity contribution in [2.24, 2.45) is 5.73 Å². The van der Waals surface area contributed by atoms with Gasteiger partial charge in [-0.2, -0.15) is 13.2 Å². The SMILES string of the molecule is C[N+](C)(C)CC(=O)[O-].NC(=O)C(F)(F)F. The van der Waals surface area contributed by atoms with E-state index in [0.29, 0.717) is 4.48 Å². The van der Waals surface area contributed by atoms with Crippen molar-refractivity contribution in [1.29, 1.82) is 0 Å². The molecule has 5 nitrogen and oxygen atoms in total. The third-order valence-electron chi connectivity index (χ3n) is 0.883. The number of likely N-dealkylation sites (N-methyl/N-ethyl adjacent to an activating group) is 1. The van der Waals surface area contributed by atoms with Gasteiger partial charge in [0.1, 0.15) is 6.54 Å². The number of aliphatic carboxylic acids is 1. The van der Waals surface area contributed by atoms with Gasteiger partial charge in [-0.3, -0.25) is 4.79 Å². The van der Waals surface area contributed by atoms with Crippen LogP contribution in [0.3, 0.4) is 0 Å². The Bertz CT molecular complexity index is 233. The van der Waals surface area contributed by atoms with Crippen molar-refractivity contribution < 1.29 is 32.3 Å². The predicted octanol–water partition coefficient (Wildman–Crippen LogP) is -1.52. The molecule has 90 valence electrons. The minimum Gasteiger partial charge on any atom is -0.544 e. The molecule has 0 aliphatic heterocycles. The highest BCUT2D eigenvalue weighted by atomic mass is 19.4. The summed E-state index contributed by atoms with van der Waals surface area (Å²) in [5.74, 6) is -3.26. The number of halogens is 3. The average molecular weight is 230 g/mol. The lowest BCUT2D eigenvalue weighted by Crippen LogP contribution is -2.45. The molecular weight excluding hydrogens is 217 g/mol. The Morgan fingerprint density at radius 2 is 1.53 bits per heavy atom. The maximum Gasteiger partial charge on any atom is 0.470 e. The zero-order chi connectivity index (χ0) is 12.9. The molecule has 0 spiro atoms. The zero-order valence-corrected chi connectivity index (χ0v) is 8.59. The van der Waals surface area contributed by atoms with E-state index >= 15 is 0 Å². The average Bonchev–Trinajstić information content (AvgIpc) is 1.78. The summed E-state index contributed by atoms with van der Waals surface area (Å²) in [6.07, 6.45) is -4.86. The molecule has 0 fully saturated rings. The van der Waals surface area contributed by atoms with Gasteiger partial charge in [0.05, 0.1) is 27.1 Å². The van der Waals surface area contributed by atoms with Crippen molar-refractivity contribution >= 4 is 11.9 Å². The molecule has 0 aromatic heterocycles. The number of alkyl halides is 3. The Morgan fingerprint density at radius 1 is 1.27 bits per heavy atom. The Kier molecular flexibility index (Phi) is 5.96. The first-order chi connectivity index (χ1) is 6.36. The van der Waals surface area contributed by atoms with Crippen LogP contribution in [-0.2, 0) is 9.59 Å². The molecule has 0 aliphatic carbocycles. The van der Waals surface area contributed by atoms with Crippen molar-refractivity contribution in [3.63, 3.8) is 0 Å². The molecule has 0 heterocycles. The van der Waals surface area contributed by atoms with Crippen LogP contribution in [0.2, 0.25) is 0 Å². The van der Waals surface area contributed by atoms with Gasteiger partial charge in [-0.1, -0.05) is 0 Å². The van der Waals surface area contributed by atoms with Crippen LogP contribution in [0.15, 0.2) is 0 Å². The number of nitrogens with zero attached hydrogens (tertiary/aromatic N) is 1. The van der Waals surface area contributed by atoms with Crippen LogP contribution in [0.5, 0.6) is 0 Å². The fraction of sp³-hybridized carbons (Fsp3) is 0.714. The number of primary amides is 1. The number of carboxylic acids is 1. The highest BCUT2D eigenvalue weighted by Gasteiger charge is 2.35. The molecule has 0 bridgehead atoms. The quantitative estimate of drug-likeness (QED) is 0.584. The highest BCUT2D eigenvalue weighted by molar-refractivity contribution is 5.79. The number of carbonyl (C=O) groups is 2. The fourth-order valence-electron chi connectivity index (χ4n) is 0.387. The Balaban J connectivity index is 0. The first-order valence-corrected chi connectivity index (χ1v) is 3.73. The van der Waals surface area contributed by atoms with Crippen molar-refractivity contribution in [1.82, 2.24) is 0 Å². The zero-order valence-electron chi connectivity index (χ0n) is 8.59. The van der Waals surface area contributed by atoms with E-state index < -0.39 is 18.1 Å². The van der Waals surface area contributed by atoms with Crippen LogP contribution >= 0.6 is 0 Å². The molecule has 0 radical (unpaired) electrons. The van der Waals surface area contributed by atoms with E-state index in [1.165, 1.54) is 0 Å². The summed E-state index contributed by atoms with van der Waals surface area (Å²) in [6.45, 7) is 0.0694. The molecule has 0 unspecified atom stereocenters. The van der Waals surface area contributed by atoms with Crippen molar-refractivity contribution in [3.8, 4) is 0 Å². The van der Waals surface area contributed by atoms with E-state index in [-0.39, 0.29) is 6.54 Å². The lowest BCUT2D eigenvalue weighted by atomic mass is 10.5. The third-order valence-corrected chi connectivity index (χ3v) is 0.883. The summed E-state index contributed by atoms with van der Waals surface area (Å²) in [4.78, 5) is 19.0. The predicted molar refractivity (Wildman–Crippen MR) is 43.2 cm³/mol. The van der Waals surface area contributed by atoms with Crippen LogP contribution in [0.25, 0.3) is 0 Å². The Labute approximate surface area is 84.9 Å². The second-order valence-electron chi connectivity index (χ2n) is 3.68. The van der Waals surface area contributed by atoms with Crippen LogP contribution in [0.1, 0.15) is 0 Å². The van der Waals surface area contributed by atoms with E-state index in [1.807, 2.05) is 0 Å². The summed E-state index contributed by atoms with van der Waals surface area (Å²) in [6, 6.07) is 0. The van der Waals surface area contributed by atoms with Crippen LogP contribution in [0, 0.1) is 0 Å². The van der Waals surface area contributed by atoms with Gasteiger partial charge in [0.2, 0.25) is 0 Å². The highest BCUT2D eigenvalue weighted by Crippen LogP contribution is 2.11. The molecule has 8 heteroatoms. The maximum atomic E-state index is 10.7. The topological polar surface area (TPSA) is 83.2 Å². The molecule has 2 N–H and O–H groups in total. The van der Waals surface area contributed by atoms with Gasteiger partial charge >= 0.3 is 12.1 Å². The fourth-order valence-corrected chi connectivity index (χ4v) is 0.387. The molecule has 0 aliphatic rings. The lowest BCUT2D eigenvalue weighted by Gasteiger charge is -2.23. The van der Waals surface area contributed by atoms with Gasteiger partial charge in [-0.15, -0.1) is 0 Å². The third kappa shape index (κ3) is 15.4. The summed E-state index contributed by atoms with van der Waals surface area (Å²) in [7, 11) is 5.40. The summed E-state index contributed by atoms with van der Waals surface area (Å²) < 4.78 is 32.5. The monoisotopic (exact) mass is 230 g/mol. The number of hydrogen-bond acceptors (Lipinski definition) is 3. The first kappa shape index (κ1) is 16.1. The van der Waals surface area contributed by atoms with Gasteiger partial charge in [0.15, 0.2) is 0 Å². The molecule has 1 amide bonds. The molecule has 15 heavy (non-hydrogen) atoms. The molecule has 0 saturated heterocycles. The molecular formula is C7H13F3N2O3. The first-order valence-electron chi connectivity index (χ1n) is 3.73. The molecule has 0 aromatic rings.